The molecule has 0 aromatic carbocycles. The number of ether oxygens (including phenoxy) is 1. The quantitative estimate of drug-likeness (QED) is 0.872. The van der Waals surface area contributed by atoms with Crippen molar-refractivity contribution in [1.29, 1.82) is 0 Å². The second-order valence-corrected chi connectivity index (χ2v) is 7.32. The van der Waals surface area contributed by atoms with E-state index in [2.05, 4.69) is 17.2 Å². The summed E-state index contributed by atoms with van der Waals surface area (Å²) in [6.07, 6.45) is 2.34. The Hall–Kier alpha value is -1.02. The van der Waals surface area contributed by atoms with Gasteiger partial charge in [-0.05, 0) is 31.0 Å². The van der Waals surface area contributed by atoms with E-state index in [1.54, 1.807) is 25.4 Å². The van der Waals surface area contributed by atoms with Gasteiger partial charge in [-0.25, -0.2) is 13.4 Å². The van der Waals surface area contributed by atoms with Crippen molar-refractivity contribution in [2.75, 3.05) is 27.2 Å². The Morgan fingerprint density at radius 2 is 2.24 bits per heavy atom. The molecule has 1 aliphatic heterocycles. The van der Waals surface area contributed by atoms with E-state index in [0.717, 1.165) is 12.0 Å². The second-order valence-electron chi connectivity index (χ2n) is 5.44. The molecule has 1 aliphatic rings. The first-order valence-corrected chi connectivity index (χ1v) is 8.55. The Labute approximate surface area is 126 Å². The highest BCUT2D eigenvalue weighted by atomic mass is 32.2. The van der Waals surface area contributed by atoms with E-state index in [0.29, 0.717) is 25.6 Å². The van der Waals surface area contributed by atoms with E-state index >= 15 is 0 Å². The van der Waals surface area contributed by atoms with Gasteiger partial charge in [-0.3, -0.25) is 0 Å². The van der Waals surface area contributed by atoms with Gasteiger partial charge < -0.3 is 10.1 Å². The fourth-order valence-corrected chi connectivity index (χ4v) is 3.91. The topological polar surface area (TPSA) is 71.5 Å². The van der Waals surface area contributed by atoms with Crippen LogP contribution in [0.15, 0.2) is 23.4 Å². The molecule has 6 nitrogen and oxygen atoms in total. The van der Waals surface area contributed by atoms with Gasteiger partial charge in [-0.2, -0.15) is 4.31 Å². The van der Waals surface area contributed by atoms with Crippen LogP contribution in [-0.4, -0.2) is 51.1 Å². The van der Waals surface area contributed by atoms with Crippen molar-refractivity contribution in [2.24, 2.45) is 5.92 Å². The van der Waals surface area contributed by atoms with Gasteiger partial charge in [0.05, 0.1) is 6.10 Å². The molecule has 0 aliphatic carbocycles. The predicted molar refractivity (Wildman–Crippen MR) is 80.3 cm³/mol. The lowest BCUT2D eigenvalue weighted by molar-refractivity contribution is 0.0183. The summed E-state index contributed by atoms with van der Waals surface area (Å²) in [5.74, 6) is 0.368. The molecule has 1 N–H and O–H groups in total. The van der Waals surface area contributed by atoms with E-state index in [1.807, 2.05) is 7.05 Å². The maximum absolute atomic E-state index is 12.6. The van der Waals surface area contributed by atoms with E-state index in [-0.39, 0.29) is 11.1 Å². The summed E-state index contributed by atoms with van der Waals surface area (Å²) in [5, 5.41) is 3.11. The van der Waals surface area contributed by atoms with Crippen molar-refractivity contribution in [3.05, 3.63) is 23.9 Å². The number of hydrogen-bond donors (Lipinski definition) is 1. The van der Waals surface area contributed by atoms with Crippen molar-refractivity contribution in [1.82, 2.24) is 14.6 Å². The van der Waals surface area contributed by atoms with Crippen molar-refractivity contribution < 1.29 is 13.2 Å². The zero-order valence-corrected chi connectivity index (χ0v) is 13.6. The summed E-state index contributed by atoms with van der Waals surface area (Å²) in [6.45, 7) is 3.66. The van der Waals surface area contributed by atoms with Gasteiger partial charge in [-0.15, -0.1) is 0 Å². The Morgan fingerprint density at radius 1 is 1.48 bits per heavy atom. The Balaban J connectivity index is 2.17. The lowest BCUT2D eigenvalue weighted by atomic mass is 9.97. The van der Waals surface area contributed by atoms with Gasteiger partial charge in [0.2, 0.25) is 0 Å². The largest absolute Gasteiger partial charge is 0.380 e. The summed E-state index contributed by atoms with van der Waals surface area (Å²) >= 11 is 0. The third-order valence-corrected chi connectivity index (χ3v) is 5.72. The zero-order chi connectivity index (χ0) is 15.5. The zero-order valence-electron chi connectivity index (χ0n) is 12.7. The van der Waals surface area contributed by atoms with Crippen molar-refractivity contribution in [3.8, 4) is 0 Å². The maximum Gasteiger partial charge on any atom is 0.260 e. The lowest BCUT2D eigenvalue weighted by Crippen LogP contribution is -2.46. The predicted octanol–water partition coefficient (Wildman–Crippen LogP) is 0.846. The van der Waals surface area contributed by atoms with Gasteiger partial charge in [0.25, 0.3) is 10.0 Å². The highest BCUT2D eigenvalue weighted by Gasteiger charge is 2.34. The number of pyridine rings is 1. The van der Waals surface area contributed by atoms with Crippen LogP contribution in [-0.2, 0) is 21.3 Å². The first kappa shape index (κ1) is 16.4. The third-order valence-electron chi connectivity index (χ3n) is 3.94. The first-order valence-electron chi connectivity index (χ1n) is 7.11. The monoisotopic (exact) mass is 313 g/mol. The van der Waals surface area contributed by atoms with Crippen LogP contribution >= 0.6 is 0 Å². The van der Waals surface area contributed by atoms with E-state index < -0.39 is 10.0 Å². The molecule has 2 rings (SSSR count). The molecule has 0 bridgehead atoms. The summed E-state index contributed by atoms with van der Waals surface area (Å²) in [4.78, 5) is 4.10. The van der Waals surface area contributed by atoms with E-state index in [4.69, 9.17) is 4.74 Å². The number of sulfonamides is 1. The number of nitrogens with zero attached hydrogens (tertiary/aromatic N) is 2. The minimum atomic E-state index is -3.54. The van der Waals surface area contributed by atoms with Crippen LogP contribution < -0.4 is 5.32 Å². The number of rotatable bonds is 5. The van der Waals surface area contributed by atoms with Crippen molar-refractivity contribution in [3.63, 3.8) is 0 Å². The molecule has 1 aromatic rings. The minimum absolute atomic E-state index is 0.0583. The van der Waals surface area contributed by atoms with Crippen molar-refractivity contribution in [2.45, 2.75) is 31.0 Å². The highest BCUT2D eigenvalue weighted by Crippen LogP contribution is 2.24. The SMILES string of the molecule is CNCc1ccc(S(=O)(=O)N2CCC(C)C(OC)C2)nc1. The fourth-order valence-electron chi connectivity index (χ4n) is 2.54. The highest BCUT2D eigenvalue weighted by molar-refractivity contribution is 7.89. The molecular formula is C14H23N3O3S. The normalized spacial score (nSPS) is 24.1. The van der Waals surface area contributed by atoms with Gasteiger partial charge >= 0.3 is 0 Å². The Bertz CT molecular complexity index is 559. The van der Waals surface area contributed by atoms with Gasteiger partial charge in [-0.1, -0.05) is 13.0 Å². The van der Waals surface area contributed by atoms with Crippen LogP contribution in [0.5, 0.6) is 0 Å². The maximum atomic E-state index is 12.6. The Morgan fingerprint density at radius 3 is 2.81 bits per heavy atom. The van der Waals surface area contributed by atoms with Crippen LogP contribution in [0.25, 0.3) is 0 Å². The Kier molecular flexibility index (Phi) is 5.32. The minimum Gasteiger partial charge on any atom is -0.380 e. The third kappa shape index (κ3) is 3.60. The fraction of sp³-hybridized carbons (Fsp3) is 0.643. The van der Waals surface area contributed by atoms with Crippen LogP contribution in [0.3, 0.4) is 0 Å². The van der Waals surface area contributed by atoms with Crippen LogP contribution in [0.1, 0.15) is 18.9 Å². The summed E-state index contributed by atoms with van der Waals surface area (Å²) in [7, 11) is -0.0736. The molecule has 7 heteroatoms. The molecule has 2 atom stereocenters. The molecule has 21 heavy (non-hydrogen) atoms. The molecule has 0 amide bonds. The molecule has 118 valence electrons. The summed E-state index contributed by atoms with van der Waals surface area (Å²) < 4.78 is 32.1. The van der Waals surface area contributed by atoms with Crippen LogP contribution in [0.2, 0.25) is 0 Å². The average molecular weight is 313 g/mol. The summed E-state index contributed by atoms with van der Waals surface area (Å²) in [6, 6.07) is 3.36. The number of piperidine rings is 1. The standard InChI is InChI=1S/C14H23N3O3S/c1-11-6-7-17(10-13(11)20-3)21(18,19)14-5-4-12(8-15-2)9-16-14/h4-5,9,11,13,15H,6-8,10H2,1-3H3. The van der Waals surface area contributed by atoms with Gasteiger partial charge in [0, 0.05) is 32.9 Å². The summed E-state index contributed by atoms with van der Waals surface area (Å²) in [5.41, 5.74) is 0.957. The smallest absolute Gasteiger partial charge is 0.260 e. The molecule has 1 aromatic heterocycles. The van der Waals surface area contributed by atoms with Gasteiger partial charge in [0.15, 0.2) is 5.03 Å². The number of nitrogens with one attached hydrogen (secondary N) is 1. The van der Waals surface area contributed by atoms with Crippen LogP contribution in [0, 0.1) is 5.92 Å². The average Bonchev–Trinajstić information content (AvgIpc) is 2.48. The number of methoxy groups -OCH3 is 1. The number of aromatic nitrogens is 1. The van der Waals surface area contributed by atoms with E-state index in [9.17, 15) is 8.42 Å². The molecule has 0 radical (unpaired) electrons. The second kappa shape index (κ2) is 6.83. The first-order chi connectivity index (χ1) is 9.98. The molecule has 0 spiro atoms. The molecule has 1 fully saturated rings. The molecule has 2 heterocycles. The molecule has 2 unspecified atom stereocenters. The van der Waals surface area contributed by atoms with E-state index in [1.165, 1.54) is 4.31 Å². The molecule has 0 saturated carbocycles. The van der Waals surface area contributed by atoms with Crippen LogP contribution in [0.4, 0.5) is 0 Å². The van der Waals surface area contributed by atoms with Gasteiger partial charge in [0.1, 0.15) is 0 Å². The molecular weight excluding hydrogens is 290 g/mol. The lowest BCUT2D eigenvalue weighted by Gasteiger charge is -2.35. The van der Waals surface area contributed by atoms with Crippen molar-refractivity contribution >= 4 is 10.0 Å². The number of hydrogen-bond acceptors (Lipinski definition) is 5. The molecule has 1 saturated heterocycles.